The molecule has 1 heterocycles. The van der Waals surface area contributed by atoms with E-state index in [0.717, 1.165) is 11.3 Å². The van der Waals surface area contributed by atoms with Crippen molar-refractivity contribution in [1.29, 1.82) is 0 Å². The lowest BCUT2D eigenvalue weighted by atomic mass is 10.1. The quantitative estimate of drug-likeness (QED) is 0.669. The lowest BCUT2D eigenvalue weighted by molar-refractivity contribution is -0.120. The Kier molecular flexibility index (Phi) is 4.89. The number of carbonyl (C=O) groups excluding carboxylic acids is 1. The van der Waals surface area contributed by atoms with Crippen LogP contribution in [0.4, 0.5) is 0 Å². The lowest BCUT2D eigenvalue weighted by Gasteiger charge is -2.00. The van der Waals surface area contributed by atoms with Gasteiger partial charge in [-0.1, -0.05) is 30.3 Å². The molecule has 20 heavy (non-hydrogen) atoms. The van der Waals surface area contributed by atoms with Crippen LogP contribution in [0.25, 0.3) is 6.08 Å². The van der Waals surface area contributed by atoms with E-state index in [0.29, 0.717) is 12.1 Å². The molecule has 0 spiro atoms. The van der Waals surface area contributed by atoms with Gasteiger partial charge in [-0.3, -0.25) is 4.79 Å². The third-order valence-corrected chi connectivity index (χ3v) is 2.60. The van der Waals surface area contributed by atoms with Crippen LogP contribution in [-0.4, -0.2) is 11.6 Å². The summed E-state index contributed by atoms with van der Waals surface area (Å²) in [5, 5.41) is 4.01. The van der Waals surface area contributed by atoms with Gasteiger partial charge in [-0.15, -0.1) is 0 Å². The summed E-state index contributed by atoms with van der Waals surface area (Å²) in [7, 11) is 0. The van der Waals surface area contributed by atoms with E-state index in [-0.39, 0.29) is 5.91 Å². The van der Waals surface area contributed by atoms with Gasteiger partial charge in [-0.2, -0.15) is 5.10 Å². The van der Waals surface area contributed by atoms with Crippen LogP contribution in [-0.2, 0) is 11.2 Å². The minimum absolute atomic E-state index is 0.137. The second-order valence-electron chi connectivity index (χ2n) is 4.30. The predicted octanol–water partition coefficient (Wildman–Crippen LogP) is 3.03. The van der Waals surface area contributed by atoms with Crippen molar-refractivity contribution < 1.29 is 9.21 Å². The zero-order valence-electron chi connectivity index (χ0n) is 11.2. The van der Waals surface area contributed by atoms with Crippen LogP contribution in [0.1, 0.15) is 18.2 Å². The normalized spacial score (nSPS) is 11.8. The number of benzene rings is 1. The van der Waals surface area contributed by atoms with Gasteiger partial charge in [0.15, 0.2) is 0 Å². The zero-order chi connectivity index (χ0) is 14.2. The highest BCUT2D eigenvalue weighted by atomic mass is 16.3. The number of nitrogens with one attached hydrogen (secondary N) is 1. The van der Waals surface area contributed by atoms with E-state index < -0.39 is 0 Å². The summed E-state index contributed by atoms with van der Waals surface area (Å²) >= 11 is 0. The summed E-state index contributed by atoms with van der Waals surface area (Å²) < 4.78 is 5.16. The fourth-order valence-electron chi connectivity index (χ4n) is 1.60. The molecule has 4 nitrogen and oxygen atoms in total. The molecule has 1 N–H and O–H groups in total. The first-order chi connectivity index (χ1) is 9.74. The molecule has 4 heteroatoms. The maximum atomic E-state index is 11.7. The highest BCUT2D eigenvalue weighted by molar-refractivity contribution is 5.96. The monoisotopic (exact) mass is 268 g/mol. The van der Waals surface area contributed by atoms with Gasteiger partial charge in [-0.05, 0) is 36.8 Å². The minimum Gasteiger partial charge on any atom is -0.465 e. The van der Waals surface area contributed by atoms with Crippen LogP contribution in [0.5, 0.6) is 0 Å². The van der Waals surface area contributed by atoms with Gasteiger partial charge in [-0.25, -0.2) is 5.43 Å². The van der Waals surface area contributed by atoms with E-state index in [9.17, 15) is 4.79 Å². The van der Waals surface area contributed by atoms with Crippen molar-refractivity contribution in [3.8, 4) is 0 Å². The molecular weight excluding hydrogens is 252 g/mol. The molecule has 0 aliphatic heterocycles. The van der Waals surface area contributed by atoms with E-state index >= 15 is 0 Å². The Labute approximate surface area is 117 Å². The van der Waals surface area contributed by atoms with Crippen LogP contribution in [0.2, 0.25) is 0 Å². The molecule has 0 unspecified atom stereocenters. The second-order valence-corrected chi connectivity index (χ2v) is 4.30. The molecule has 1 aromatic heterocycles. The van der Waals surface area contributed by atoms with Crippen molar-refractivity contribution in [2.75, 3.05) is 0 Å². The van der Waals surface area contributed by atoms with Gasteiger partial charge in [0.25, 0.3) is 0 Å². The molecule has 1 amide bonds. The van der Waals surface area contributed by atoms with Crippen LogP contribution in [0, 0.1) is 0 Å². The zero-order valence-corrected chi connectivity index (χ0v) is 11.2. The van der Waals surface area contributed by atoms with E-state index in [1.54, 1.807) is 18.4 Å². The van der Waals surface area contributed by atoms with Gasteiger partial charge in [0.2, 0.25) is 5.91 Å². The molecule has 0 saturated heterocycles. The Balaban J connectivity index is 1.84. The lowest BCUT2D eigenvalue weighted by Crippen LogP contribution is -2.20. The van der Waals surface area contributed by atoms with Crippen molar-refractivity contribution in [2.24, 2.45) is 5.10 Å². The van der Waals surface area contributed by atoms with E-state index in [2.05, 4.69) is 10.5 Å². The van der Waals surface area contributed by atoms with Crippen LogP contribution in [0.15, 0.2) is 64.3 Å². The van der Waals surface area contributed by atoms with Gasteiger partial charge < -0.3 is 4.42 Å². The average molecular weight is 268 g/mol. The summed E-state index contributed by atoms with van der Waals surface area (Å²) in [4.78, 5) is 11.7. The van der Waals surface area contributed by atoms with Crippen molar-refractivity contribution in [2.45, 2.75) is 13.3 Å². The number of allylic oxidation sites excluding steroid dienone is 1. The van der Waals surface area contributed by atoms with E-state index in [1.165, 1.54) is 0 Å². The van der Waals surface area contributed by atoms with Crippen molar-refractivity contribution in [1.82, 2.24) is 5.43 Å². The molecular formula is C16H16N2O2. The summed E-state index contributed by atoms with van der Waals surface area (Å²) in [6.07, 6.45) is 5.50. The molecule has 1 aromatic carbocycles. The van der Waals surface area contributed by atoms with E-state index in [1.807, 2.05) is 49.4 Å². The highest BCUT2D eigenvalue weighted by Crippen LogP contribution is 2.02. The maximum Gasteiger partial charge on any atom is 0.244 e. The first kappa shape index (κ1) is 13.8. The number of rotatable bonds is 5. The first-order valence-electron chi connectivity index (χ1n) is 6.32. The third-order valence-electron chi connectivity index (χ3n) is 2.60. The molecule has 0 radical (unpaired) electrons. The smallest absolute Gasteiger partial charge is 0.244 e. The van der Waals surface area contributed by atoms with Gasteiger partial charge in [0.05, 0.1) is 18.4 Å². The maximum absolute atomic E-state index is 11.7. The topological polar surface area (TPSA) is 54.6 Å². The van der Waals surface area contributed by atoms with Gasteiger partial charge in [0, 0.05) is 0 Å². The van der Waals surface area contributed by atoms with E-state index in [4.69, 9.17) is 4.42 Å². The number of nitrogens with zero attached hydrogens (tertiary/aromatic N) is 1. The Bertz CT molecular complexity index is 599. The highest BCUT2D eigenvalue weighted by Gasteiger charge is 2.01. The summed E-state index contributed by atoms with van der Waals surface area (Å²) in [6, 6.07) is 13.2. The number of hydrazone groups is 1. The average Bonchev–Trinajstić information content (AvgIpc) is 2.97. The fourth-order valence-corrected chi connectivity index (χ4v) is 1.60. The molecule has 0 aliphatic rings. The minimum atomic E-state index is -0.137. The number of furan rings is 1. The Hall–Kier alpha value is -2.62. The molecule has 0 saturated carbocycles. The summed E-state index contributed by atoms with van der Waals surface area (Å²) in [5.74, 6) is 0.608. The Morgan fingerprint density at radius 1 is 1.25 bits per heavy atom. The summed E-state index contributed by atoms with van der Waals surface area (Å²) in [5.41, 5.74) is 4.19. The molecule has 0 fully saturated rings. The Morgan fingerprint density at radius 2 is 2.05 bits per heavy atom. The van der Waals surface area contributed by atoms with Gasteiger partial charge >= 0.3 is 0 Å². The van der Waals surface area contributed by atoms with Crippen molar-refractivity contribution >= 4 is 17.7 Å². The number of amides is 1. The van der Waals surface area contributed by atoms with Crippen LogP contribution >= 0.6 is 0 Å². The standard InChI is InChI=1S/C16H16N2O2/c1-13(9-10-15-8-5-11-20-15)17-18-16(19)12-14-6-3-2-4-7-14/h2-11H,12H2,1H3,(H,18,19)/b10-9+,17-13-. The summed E-state index contributed by atoms with van der Waals surface area (Å²) in [6.45, 7) is 1.81. The molecule has 0 atom stereocenters. The first-order valence-corrected chi connectivity index (χ1v) is 6.32. The van der Waals surface area contributed by atoms with Crippen LogP contribution < -0.4 is 5.43 Å². The SMILES string of the molecule is CC(/C=C/c1ccco1)=N/NC(=O)Cc1ccccc1. The Morgan fingerprint density at radius 3 is 2.75 bits per heavy atom. The van der Waals surface area contributed by atoms with Crippen LogP contribution in [0.3, 0.4) is 0 Å². The molecule has 102 valence electrons. The molecule has 2 rings (SSSR count). The second kappa shape index (κ2) is 7.09. The number of hydrogen-bond donors (Lipinski definition) is 1. The molecule has 0 aliphatic carbocycles. The third kappa shape index (κ3) is 4.57. The van der Waals surface area contributed by atoms with Crippen molar-refractivity contribution in [3.05, 3.63) is 66.1 Å². The van der Waals surface area contributed by atoms with Crippen molar-refractivity contribution in [3.63, 3.8) is 0 Å². The number of hydrogen-bond acceptors (Lipinski definition) is 3. The predicted molar refractivity (Wildman–Crippen MR) is 79.1 cm³/mol. The van der Waals surface area contributed by atoms with Gasteiger partial charge in [0.1, 0.15) is 5.76 Å². The largest absolute Gasteiger partial charge is 0.465 e. The molecule has 2 aromatic rings. The molecule has 0 bridgehead atoms. The number of carbonyl (C=O) groups is 1. The fraction of sp³-hybridized carbons (Fsp3) is 0.125.